The normalized spacial score (nSPS) is 12.6. The van der Waals surface area contributed by atoms with Crippen molar-refractivity contribution in [2.75, 3.05) is 30.9 Å². The Morgan fingerprint density at radius 1 is 0.491 bits per heavy atom. The van der Waals surface area contributed by atoms with Crippen molar-refractivity contribution >= 4 is 34.3 Å². The van der Waals surface area contributed by atoms with Crippen molar-refractivity contribution in [3.05, 3.63) is 282 Å². The van der Waals surface area contributed by atoms with Gasteiger partial charge in [-0.05, 0) is 238 Å². The Morgan fingerprint density at radius 3 is 1.34 bits per heavy atom. The highest BCUT2D eigenvalue weighted by molar-refractivity contribution is 7.10. The molecule has 7 aromatic carbocycles. The second-order valence-corrected chi connectivity index (χ2v) is 39.4. The first-order valence-electron chi connectivity index (χ1n) is 42.7. The summed E-state index contributed by atoms with van der Waals surface area (Å²) in [6.45, 7) is 64.1. The number of aromatic nitrogens is 2. The fourth-order valence-electron chi connectivity index (χ4n) is 12.1. The van der Waals surface area contributed by atoms with Crippen LogP contribution in [0.2, 0.25) is 5.02 Å². The lowest BCUT2D eigenvalue weighted by atomic mass is 9.86. The number of anilines is 2. The van der Waals surface area contributed by atoms with E-state index in [1.54, 1.807) is 41.7 Å². The minimum absolute atomic E-state index is 0.0696. The Balaban J connectivity index is 0.000000270. The maximum Gasteiger partial charge on any atom is 0.226 e. The summed E-state index contributed by atoms with van der Waals surface area (Å²) in [4.78, 5) is 8.20. The number of oxazole rings is 1. The molecule has 12 rings (SSSR count). The van der Waals surface area contributed by atoms with Crippen LogP contribution < -0.4 is 10.2 Å². The second-order valence-electron chi connectivity index (χ2n) is 38.0. The first-order chi connectivity index (χ1) is 53.2. The zero-order valence-corrected chi connectivity index (χ0v) is 78.4. The van der Waals surface area contributed by atoms with Crippen molar-refractivity contribution < 1.29 is 14.0 Å². The standard InChI is InChI=1S/C14H22.C13H20.C12H13NO.C12H18O.C12H16.C11H17N.C11H16S.C10H14ClN.C10H17NO/c1-11(2)10-12-6-8-13(9-7-12)14(3,4)5;1-10(2)11-6-8-12(9-7-11)13(3,4)5;1-9(2)11-8-14-12(13-11)10-6-4-3-5-7-10;1-9(2)10-5-7-11(8-6-10)12(3,4)13;1-9(2)10-3-5-11(6-4-10)12-7-8-12;1-9(2)10-5-7-11(8-6-10)12(3)4;1-8(2)10-7-12-11-6-4-3-5-9(10)11;1-8(2)7-12-10-5-3-4-9(11)6-10;1-7(2)8-6-9(12-11-8)10(3,4)5/h6-9,11H,10H2,1-5H3;6-10H,1-5H3;3-9H,1-2H3;5-9,13H,1-4H3;3-6,9,12H,7-8H2,1-2H3;5-9H,1-4H3;7-8H,3-6H2,1-2H3;3-6,8,12H,7H2,1-2H3;6-7H,1-5H3. The number of rotatable bonds is 16. The van der Waals surface area contributed by atoms with E-state index in [2.05, 4.69) is 336 Å². The van der Waals surface area contributed by atoms with Gasteiger partial charge >= 0.3 is 0 Å². The molecule has 0 atom stereocenters. The number of halogens is 1. The van der Waals surface area contributed by atoms with E-state index in [-0.39, 0.29) is 16.2 Å². The average Bonchev–Trinajstić information content (AvgIpc) is 1.68. The van der Waals surface area contributed by atoms with Crippen LogP contribution in [0, 0.1) is 11.8 Å². The van der Waals surface area contributed by atoms with Gasteiger partial charge in [0.25, 0.3) is 0 Å². The smallest absolute Gasteiger partial charge is 0.226 e. The monoisotopic (exact) mass is 1590 g/mol. The lowest BCUT2D eigenvalue weighted by molar-refractivity contribution is 0.0786. The quantitative estimate of drug-likeness (QED) is 0.0996. The summed E-state index contributed by atoms with van der Waals surface area (Å²) in [5.41, 5.74) is 21.0. The van der Waals surface area contributed by atoms with Gasteiger partial charge in [0.05, 0.1) is 17.0 Å². The van der Waals surface area contributed by atoms with Gasteiger partial charge in [-0.15, -0.1) is 11.3 Å². The molecule has 624 valence electrons. The van der Waals surface area contributed by atoms with Crippen LogP contribution in [0.3, 0.4) is 0 Å². The molecule has 0 saturated heterocycles. The Kier molecular flexibility index (Phi) is 41.3. The number of aryl methyl sites for hydroxylation is 1. The fourth-order valence-corrected chi connectivity index (χ4v) is 13.6. The van der Waals surface area contributed by atoms with Gasteiger partial charge in [0, 0.05) is 59.0 Å². The van der Waals surface area contributed by atoms with Crippen molar-refractivity contribution in [3.8, 4) is 11.5 Å². The molecule has 2 aliphatic carbocycles. The van der Waals surface area contributed by atoms with Gasteiger partial charge in [-0.25, -0.2) is 4.98 Å². The van der Waals surface area contributed by atoms with E-state index in [1.165, 1.54) is 89.6 Å². The highest BCUT2D eigenvalue weighted by atomic mass is 35.5. The molecule has 3 heterocycles. The summed E-state index contributed by atoms with van der Waals surface area (Å²) in [6, 6.07) is 63.8. The highest BCUT2D eigenvalue weighted by Crippen LogP contribution is 2.40. The maximum absolute atomic E-state index is 9.72. The molecule has 9 heteroatoms. The van der Waals surface area contributed by atoms with Gasteiger partial charge in [-0.1, -0.05) is 337 Å². The van der Waals surface area contributed by atoms with Crippen LogP contribution in [-0.4, -0.2) is 35.9 Å². The Morgan fingerprint density at radius 2 is 0.956 bits per heavy atom. The van der Waals surface area contributed by atoms with Crippen LogP contribution in [0.25, 0.3) is 11.5 Å². The lowest BCUT2D eigenvalue weighted by Gasteiger charge is -2.19. The van der Waals surface area contributed by atoms with Gasteiger partial charge in [0.2, 0.25) is 5.89 Å². The van der Waals surface area contributed by atoms with E-state index in [9.17, 15) is 5.11 Å². The predicted molar refractivity (Wildman–Crippen MR) is 501 cm³/mol. The zero-order valence-electron chi connectivity index (χ0n) is 76.8. The lowest BCUT2D eigenvalue weighted by Crippen LogP contribution is -2.15. The number of thiophene rings is 1. The molecule has 2 aliphatic rings. The molecule has 0 unspecified atom stereocenters. The van der Waals surface area contributed by atoms with E-state index in [0.717, 1.165) is 63.3 Å². The van der Waals surface area contributed by atoms with Crippen LogP contribution in [-0.2, 0) is 41.1 Å². The van der Waals surface area contributed by atoms with E-state index in [1.807, 2.05) is 84.1 Å². The molecule has 0 bridgehead atoms. The average molecular weight is 1590 g/mol. The fraction of sp³-hybridized carbons (Fsp3) is 0.505. The number of benzene rings is 7. The molecule has 2 N–H and O–H groups in total. The molecule has 7 nitrogen and oxygen atoms in total. The molecular formula is C105H153ClN4O3S. The summed E-state index contributed by atoms with van der Waals surface area (Å²) in [5, 5.41) is 20.2. The SMILES string of the molecule is CC(C)CNc1cccc(Cl)c1.CC(C)Cc1ccc(C(C)(C)C)cc1.CC(C)c1cc(C(C)(C)C)on1.CC(C)c1ccc(C(C)(C)C)cc1.CC(C)c1ccc(C(C)(C)O)cc1.CC(C)c1ccc(C2CC2)cc1.CC(C)c1ccc(N(C)C)cc1.CC(C)c1coc(-c2ccccc2)n1.CC(C)c1csc2c1CCCC2. The number of nitrogens with one attached hydrogen (secondary N) is 1. The highest BCUT2D eigenvalue weighted by Gasteiger charge is 2.24. The second kappa shape index (κ2) is 47.7. The van der Waals surface area contributed by atoms with Crippen LogP contribution in [0.5, 0.6) is 0 Å². The van der Waals surface area contributed by atoms with Gasteiger partial charge in [0.15, 0.2) is 0 Å². The Hall–Kier alpha value is -7.49. The molecular weight excluding hydrogens is 1430 g/mol. The van der Waals surface area contributed by atoms with E-state index >= 15 is 0 Å². The van der Waals surface area contributed by atoms with E-state index in [0.29, 0.717) is 47.3 Å². The summed E-state index contributed by atoms with van der Waals surface area (Å²) in [6.07, 6.45) is 11.2. The van der Waals surface area contributed by atoms with Crippen molar-refractivity contribution in [3.63, 3.8) is 0 Å². The van der Waals surface area contributed by atoms with Gasteiger partial charge in [-0.3, -0.25) is 0 Å². The third-order valence-electron chi connectivity index (χ3n) is 20.2. The molecule has 114 heavy (non-hydrogen) atoms. The van der Waals surface area contributed by atoms with Crippen molar-refractivity contribution in [2.45, 2.75) is 315 Å². The largest absolute Gasteiger partial charge is 0.444 e. The van der Waals surface area contributed by atoms with Crippen LogP contribution >= 0.6 is 22.9 Å². The third-order valence-corrected chi connectivity index (χ3v) is 21.5. The van der Waals surface area contributed by atoms with Crippen molar-refractivity contribution in [1.29, 1.82) is 0 Å². The number of hydrogen-bond acceptors (Lipinski definition) is 8. The van der Waals surface area contributed by atoms with Crippen LogP contribution in [0.15, 0.2) is 203 Å². The van der Waals surface area contributed by atoms with Crippen LogP contribution in [0.4, 0.5) is 11.4 Å². The minimum Gasteiger partial charge on any atom is -0.444 e. The minimum atomic E-state index is -0.727. The number of fused-ring (bicyclic) bond motifs is 1. The Bertz CT molecular complexity index is 4050. The summed E-state index contributed by atoms with van der Waals surface area (Å²) in [7, 11) is 4.12. The maximum atomic E-state index is 9.72. The summed E-state index contributed by atoms with van der Waals surface area (Å²) in [5.74, 6) is 8.03. The Labute approximate surface area is 704 Å². The first-order valence-corrected chi connectivity index (χ1v) is 44.0. The predicted octanol–water partition coefficient (Wildman–Crippen LogP) is 31.6. The van der Waals surface area contributed by atoms with Crippen LogP contribution in [0.1, 0.15) is 357 Å². The van der Waals surface area contributed by atoms with E-state index < -0.39 is 5.60 Å². The number of aliphatic hydroxyl groups is 1. The van der Waals surface area contributed by atoms with Gasteiger partial charge in [0.1, 0.15) is 12.0 Å². The topological polar surface area (TPSA) is 87.6 Å². The number of hydrogen-bond donors (Lipinski definition) is 2. The molecule has 1 saturated carbocycles. The van der Waals surface area contributed by atoms with E-state index in [4.69, 9.17) is 20.5 Å². The molecule has 0 radical (unpaired) electrons. The van der Waals surface area contributed by atoms with Crippen molar-refractivity contribution in [2.24, 2.45) is 11.8 Å². The molecule has 1 fully saturated rings. The van der Waals surface area contributed by atoms with Gasteiger partial charge < -0.3 is 24.3 Å². The summed E-state index contributed by atoms with van der Waals surface area (Å²) >= 11 is 7.80. The molecule has 0 spiro atoms. The molecule has 3 aromatic heterocycles. The number of nitrogens with zero attached hydrogens (tertiary/aromatic N) is 3. The molecule has 10 aromatic rings. The molecule has 0 amide bonds. The van der Waals surface area contributed by atoms with Crippen molar-refractivity contribution in [1.82, 2.24) is 10.1 Å². The zero-order chi connectivity index (χ0) is 85.4. The summed E-state index contributed by atoms with van der Waals surface area (Å²) < 4.78 is 10.6. The first kappa shape index (κ1) is 98.9. The molecule has 0 aliphatic heterocycles. The van der Waals surface area contributed by atoms with Gasteiger partial charge in [-0.2, -0.15) is 0 Å². The third kappa shape index (κ3) is 36.8.